The molecule has 1 aromatic carbocycles. The van der Waals surface area contributed by atoms with Crippen LogP contribution in [0.15, 0.2) is 29.3 Å². The lowest BCUT2D eigenvalue weighted by Gasteiger charge is -2.12. The molecule has 1 aromatic rings. The standard InChI is InChI=1S/C19H30ClN3O3.HI/c1-2-21-19(22-9-3-11-24-14-16-8-12-25-15-16)23-10-13-26-18-6-4-17(20)5-7-18;/h4-7,16H,2-3,8-15H2,1H3,(H2,21,22,23);1H. The van der Waals surface area contributed by atoms with Crippen molar-refractivity contribution < 1.29 is 14.2 Å². The molecule has 154 valence electrons. The number of halogens is 2. The lowest BCUT2D eigenvalue weighted by atomic mass is 10.1. The second-order valence-electron chi connectivity index (χ2n) is 6.15. The number of guanidine groups is 1. The van der Waals surface area contributed by atoms with Gasteiger partial charge in [0, 0.05) is 37.2 Å². The second-order valence-corrected chi connectivity index (χ2v) is 6.58. The van der Waals surface area contributed by atoms with Gasteiger partial charge in [-0.05, 0) is 44.0 Å². The quantitative estimate of drug-likeness (QED) is 0.207. The van der Waals surface area contributed by atoms with Crippen molar-refractivity contribution in [1.82, 2.24) is 10.6 Å². The van der Waals surface area contributed by atoms with Gasteiger partial charge < -0.3 is 24.8 Å². The first-order chi connectivity index (χ1) is 12.8. The van der Waals surface area contributed by atoms with Gasteiger partial charge in [0.05, 0.1) is 19.8 Å². The van der Waals surface area contributed by atoms with E-state index in [0.717, 1.165) is 64.1 Å². The van der Waals surface area contributed by atoms with Crippen LogP contribution >= 0.6 is 35.6 Å². The highest BCUT2D eigenvalue weighted by atomic mass is 127. The molecule has 0 spiro atoms. The largest absolute Gasteiger partial charge is 0.492 e. The Balaban J connectivity index is 0.00000364. The molecule has 1 aliphatic rings. The Morgan fingerprint density at radius 2 is 2.07 bits per heavy atom. The second kappa shape index (κ2) is 15.2. The van der Waals surface area contributed by atoms with Crippen LogP contribution < -0.4 is 15.4 Å². The summed E-state index contributed by atoms with van der Waals surface area (Å²) in [5.74, 6) is 2.18. The lowest BCUT2D eigenvalue weighted by Crippen LogP contribution is -2.39. The van der Waals surface area contributed by atoms with Crippen molar-refractivity contribution in [3.8, 4) is 5.75 Å². The van der Waals surface area contributed by atoms with Crippen LogP contribution in [-0.4, -0.2) is 58.6 Å². The molecule has 1 atom stereocenters. The Bertz CT molecular complexity index is 525. The first kappa shape index (κ1) is 24.3. The molecule has 6 nitrogen and oxygen atoms in total. The van der Waals surface area contributed by atoms with Crippen LogP contribution in [-0.2, 0) is 9.47 Å². The van der Waals surface area contributed by atoms with Gasteiger partial charge in [0.2, 0.25) is 0 Å². The summed E-state index contributed by atoms with van der Waals surface area (Å²) in [6.07, 6.45) is 2.02. The van der Waals surface area contributed by atoms with E-state index in [0.29, 0.717) is 24.1 Å². The Hall–Kier alpha value is -0.770. The molecule has 1 heterocycles. The minimum atomic E-state index is 0. The molecule has 0 aliphatic carbocycles. The molecule has 0 amide bonds. The highest BCUT2D eigenvalue weighted by molar-refractivity contribution is 14.0. The van der Waals surface area contributed by atoms with E-state index in [1.807, 2.05) is 31.2 Å². The fourth-order valence-electron chi connectivity index (χ4n) is 2.53. The number of ether oxygens (including phenoxy) is 3. The van der Waals surface area contributed by atoms with Crippen LogP contribution in [0.2, 0.25) is 5.02 Å². The Labute approximate surface area is 184 Å². The monoisotopic (exact) mass is 511 g/mol. The summed E-state index contributed by atoms with van der Waals surface area (Å²) in [4.78, 5) is 4.56. The van der Waals surface area contributed by atoms with Crippen molar-refractivity contribution >= 4 is 41.5 Å². The summed E-state index contributed by atoms with van der Waals surface area (Å²) in [6.45, 7) is 8.07. The maximum absolute atomic E-state index is 5.86. The van der Waals surface area contributed by atoms with E-state index in [1.54, 1.807) is 0 Å². The van der Waals surface area contributed by atoms with E-state index < -0.39 is 0 Å². The molecular weight excluding hydrogens is 481 g/mol. The van der Waals surface area contributed by atoms with Gasteiger partial charge in [0.15, 0.2) is 5.96 Å². The third kappa shape index (κ3) is 11.0. The minimum Gasteiger partial charge on any atom is -0.492 e. The lowest BCUT2D eigenvalue weighted by molar-refractivity contribution is 0.0893. The van der Waals surface area contributed by atoms with E-state index in [9.17, 15) is 0 Å². The zero-order chi connectivity index (χ0) is 18.5. The molecule has 1 fully saturated rings. The van der Waals surface area contributed by atoms with E-state index in [2.05, 4.69) is 15.6 Å². The molecule has 1 aliphatic heterocycles. The summed E-state index contributed by atoms with van der Waals surface area (Å²) >= 11 is 5.86. The summed E-state index contributed by atoms with van der Waals surface area (Å²) in [7, 11) is 0. The van der Waals surface area contributed by atoms with Crippen LogP contribution in [0.4, 0.5) is 0 Å². The van der Waals surface area contributed by atoms with Crippen LogP contribution in [0.25, 0.3) is 0 Å². The van der Waals surface area contributed by atoms with Gasteiger partial charge in [-0.3, -0.25) is 4.99 Å². The molecule has 0 aromatic heterocycles. The van der Waals surface area contributed by atoms with Gasteiger partial charge in [-0.25, -0.2) is 0 Å². The summed E-state index contributed by atoms with van der Waals surface area (Å²) in [5.41, 5.74) is 0. The zero-order valence-electron chi connectivity index (χ0n) is 15.9. The predicted octanol–water partition coefficient (Wildman–Crippen LogP) is 3.34. The van der Waals surface area contributed by atoms with Crippen molar-refractivity contribution in [1.29, 1.82) is 0 Å². The van der Waals surface area contributed by atoms with Crippen molar-refractivity contribution in [2.24, 2.45) is 10.9 Å². The highest BCUT2D eigenvalue weighted by Gasteiger charge is 2.15. The van der Waals surface area contributed by atoms with E-state index in [1.165, 1.54) is 0 Å². The maximum Gasteiger partial charge on any atom is 0.191 e. The number of aliphatic imine (C=N–C) groups is 1. The molecule has 2 rings (SSSR count). The molecule has 2 N–H and O–H groups in total. The van der Waals surface area contributed by atoms with Crippen molar-refractivity contribution in [2.75, 3.05) is 52.7 Å². The van der Waals surface area contributed by atoms with Gasteiger partial charge in [0.25, 0.3) is 0 Å². The topological polar surface area (TPSA) is 64.1 Å². The number of hydrogen-bond acceptors (Lipinski definition) is 4. The fourth-order valence-corrected chi connectivity index (χ4v) is 2.66. The molecular formula is C19H31ClIN3O3. The molecule has 27 heavy (non-hydrogen) atoms. The van der Waals surface area contributed by atoms with Crippen LogP contribution in [0.5, 0.6) is 5.75 Å². The minimum absolute atomic E-state index is 0. The first-order valence-electron chi connectivity index (χ1n) is 9.34. The summed E-state index contributed by atoms with van der Waals surface area (Å²) in [5, 5.41) is 7.21. The number of benzene rings is 1. The van der Waals surface area contributed by atoms with E-state index >= 15 is 0 Å². The third-order valence-corrected chi connectivity index (χ3v) is 4.17. The molecule has 0 radical (unpaired) electrons. The van der Waals surface area contributed by atoms with E-state index in [4.69, 9.17) is 25.8 Å². The Morgan fingerprint density at radius 3 is 2.78 bits per heavy atom. The van der Waals surface area contributed by atoms with E-state index in [-0.39, 0.29) is 24.0 Å². The normalized spacial score (nSPS) is 16.7. The van der Waals surface area contributed by atoms with Gasteiger partial charge >= 0.3 is 0 Å². The van der Waals surface area contributed by atoms with Gasteiger partial charge in [-0.2, -0.15) is 0 Å². The Morgan fingerprint density at radius 1 is 1.26 bits per heavy atom. The van der Waals surface area contributed by atoms with Crippen LogP contribution in [0, 0.1) is 5.92 Å². The smallest absolute Gasteiger partial charge is 0.191 e. The van der Waals surface area contributed by atoms with Gasteiger partial charge in [0.1, 0.15) is 12.4 Å². The molecule has 8 heteroatoms. The third-order valence-electron chi connectivity index (χ3n) is 3.92. The van der Waals surface area contributed by atoms with Gasteiger partial charge in [-0.15, -0.1) is 24.0 Å². The maximum atomic E-state index is 5.86. The zero-order valence-corrected chi connectivity index (χ0v) is 19.0. The Kier molecular flexibility index (Phi) is 13.7. The summed E-state index contributed by atoms with van der Waals surface area (Å²) < 4.78 is 16.7. The fraction of sp³-hybridized carbons (Fsp3) is 0.632. The van der Waals surface area contributed by atoms with Crippen molar-refractivity contribution in [3.05, 3.63) is 29.3 Å². The summed E-state index contributed by atoms with van der Waals surface area (Å²) in [6, 6.07) is 7.36. The number of nitrogens with one attached hydrogen (secondary N) is 2. The molecule has 1 unspecified atom stereocenters. The number of rotatable bonds is 11. The van der Waals surface area contributed by atoms with Crippen LogP contribution in [0.3, 0.4) is 0 Å². The average molecular weight is 512 g/mol. The first-order valence-corrected chi connectivity index (χ1v) is 9.71. The molecule has 1 saturated heterocycles. The van der Waals surface area contributed by atoms with Crippen molar-refractivity contribution in [2.45, 2.75) is 19.8 Å². The van der Waals surface area contributed by atoms with Crippen LogP contribution in [0.1, 0.15) is 19.8 Å². The highest BCUT2D eigenvalue weighted by Crippen LogP contribution is 2.15. The number of hydrogen-bond donors (Lipinski definition) is 2. The van der Waals surface area contributed by atoms with Crippen molar-refractivity contribution in [3.63, 3.8) is 0 Å². The number of nitrogens with zero attached hydrogens (tertiary/aromatic N) is 1. The average Bonchev–Trinajstić information content (AvgIpc) is 3.16. The molecule has 0 bridgehead atoms. The predicted molar refractivity (Wildman–Crippen MR) is 121 cm³/mol. The van der Waals surface area contributed by atoms with Gasteiger partial charge in [-0.1, -0.05) is 11.6 Å². The SMILES string of the molecule is CCNC(=NCCCOCC1CCOC1)NCCOc1ccc(Cl)cc1.I. The molecule has 0 saturated carbocycles.